The summed E-state index contributed by atoms with van der Waals surface area (Å²) in [6.45, 7) is 0.694. The number of nitrogens with two attached hydrogens (primary N) is 1. The second kappa shape index (κ2) is 4.63. The van der Waals surface area contributed by atoms with Gasteiger partial charge >= 0.3 is 0 Å². The third kappa shape index (κ3) is 1.80. The fraction of sp³-hybridized carbons (Fsp3) is 0.273. The quantitative estimate of drug-likeness (QED) is 0.920. The first-order valence-electron chi connectivity index (χ1n) is 4.76. The molecule has 0 spiro atoms. The SMILES string of the molecule is COCc1c(CN)oc2c(Cl)ccc(Cl)c12. The van der Waals surface area contributed by atoms with Crippen molar-refractivity contribution in [3.8, 4) is 0 Å². The maximum absolute atomic E-state index is 6.13. The van der Waals surface area contributed by atoms with E-state index < -0.39 is 0 Å². The van der Waals surface area contributed by atoms with Crippen LogP contribution in [0.1, 0.15) is 11.3 Å². The van der Waals surface area contributed by atoms with E-state index in [0.717, 1.165) is 10.9 Å². The van der Waals surface area contributed by atoms with Crippen LogP contribution in [-0.2, 0) is 17.9 Å². The van der Waals surface area contributed by atoms with Crippen LogP contribution in [0.25, 0.3) is 11.0 Å². The first-order chi connectivity index (χ1) is 7.69. The van der Waals surface area contributed by atoms with E-state index in [9.17, 15) is 0 Å². The topological polar surface area (TPSA) is 48.4 Å². The number of furan rings is 1. The van der Waals surface area contributed by atoms with Gasteiger partial charge in [0.1, 0.15) is 5.76 Å². The summed E-state index contributed by atoms with van der Waals surface area (Å²) < 4.78 is 10.7. The summed E-state index contributed by atoms with van der Waals surface area (Å²) in [6, 6.07) is 3.44. The van der Waals surface area contributed by atoms with Crippen molar-refractivity contribution in [2.75, 3.05) is 7.11 Å². The van der Waals surface area contributed by atoms with Crippen LogP contribution in [0.3, 0.4) is 0 Å². The van der Waals surface area contributed by atoms with Crippen molar-refractivity contribution in [1.82, 2.24) is 0 Å². The lowest BCUT2D eigenvalue weighted by molar-refractivity contribution is 0.184. The Bertz CT molecular complexity index is 522. The second-order valence-electron chi connectivity index (χ2n) is 3.37. The molecule has 1 heterocycles. The standard InChI is InChI=1S/C11H11Cl2NO2/c1-15-5-6-9(4-14)16-11-8(13)3-2-7(12)10(6)11/h2-3H,4-5,14H2,1H3. The lowest BCUT2D eigenvalue weighted by Gasteiger charge is -2.00. The number of hydrogen-bond donors (Lipinski definition) is 1. The van der Waals surface area contributed by atoms with Crippen molar-refractivity contribution in [3.05, 3.63) is 33.5 Å². The van der Waals surface area contributed by atoms with Crippen molar-refractivity contribution >= 4 is 34.2 Å². The van der Waals surface area contributed by atoms with Gasteiger partial charge in [0.15, 0.2) is 5.58 Å². The Labute approximate surface area is 103 Å². The molecular formula is C11H11Cl2NO2. The summed E-state index contributed by atoms with van der Waals surface area (Å²) in [4.78, 5) is 0. The molecule has 5 heteroatoms. The molecule has 0 unspecified atom stereocenters. The molecule has 2 aromatic rings. The number of ether oxygens (including phenoxy) is 1. The fourth-order valence-corrected chi connectivity index (χ4v) is 2.16. The third-order valence-electron chi connectivity index (χ3n) is 2.40. The van der Waals surface area contributed by atoms with E-state index in [1.807, 2.05) is 0 Å². The van der Waals surface area contributed by atoms with E-state index in [-0.39, 0.29) is 0 Å². The van der Waals surface area contributed by atoms with Crippen molar-refractivity contribution < 1.29 is 9.15 Å². The molecule has 16 heavy (non-hydrogen) atoms. The zero-order valence-corrected chi connectivity index (χ0v) is 10.2. The Hall–Kier alpha value is -0.740. The first-order valence-corrected chi connectivity index (χ1v) is 5.52. The number of methoxy groups -OCH3 is 1. The van der Waals surface area contributed by atoms with Gasteiger partial charge in [0.05, 0.1) is 23.2 Å². The summed E-state index contributed by atoms with van der Waals surface area (Å²) in [6.07, 6.45) is 0. The molecule has 0 aliphatic carbocycles. The van der Waals surface area contributed by atoms with Gasteiger partial charge in [0.25, 0.3) is 0 Å². The van der Waals surface area contributed by atoms with Gasteiger partial charge in [-0.05, 0) is 12.1 Å². The smallest absolute Gasteiger partial charge is 0.154 e. The number of hydrogen-bond acceptors (Lipinski definition) is 3. The van der Waals surface area contributed by atoms with Gasteiger partial charge < -0.3 is 14.9 Å². The van der Waals surface area contributed by atoms with Gasteiger partial charge in [0, 0.05) is 18.1 Å². The van der Waals surface area contributed by atoms with Gasteiger partial charge in [-0.15, -0.1) is 0 Å². The Kier molecular flexibility index (Phi) is 3.40. The van der Waals surface area contributed by atoms with Crippen LogP contribution < -0.4 is 5.73 Å². The second-order valence-corrected chi connectivity index (χ2v) is 4.19. The molecule has 0 bridgehead atoms. The first kappa shape index (κ1) is 11.7. The largest absolute Gasteiger partial charge is 0.458 e. The van der Waals surface area contributed by atoms with Gasteiger partial charge in [-0.1, -0.05) is 23.2 Å². The van der Waals surface area contributed by atoms with Gasteiger partial charge in [0.2, 0.25) is 0 Å². The molecule has 0 saturated carbocycles. The molecule has 86 valence electrons. The highest BCUT2D eigenvalue weighted by molar-refractivity contribution is 6.40. The van der Waals surface area contributed by atoms with Crippen LogP contribution in [0.2, 0.25) is 10.0 Å². The molecule has 1 aromatic heterocycles. The van der Waals surface area contributed by atoms with Crippen LogP contribution in [0, 0.1) is 0 Å². The molecule has 0 saturated heterocycles. The molecule has 0 radical (unpaired) electrons. The fourth-order valence-electron chi connectivity index (χ4n) is 1.70. The van der Waals surface area contributed by atoms with E-state index in [2.05, 4.69) is 0 Å². The van der Waals surface area contributed by atoms with Crippen molar-refractivity contribution in [2.45, 2.75) is 13.2 Å². The van der Waals surface area contributed by atoms with Crippen LogP contribution in [-0.4, -0.2) is 7.11 Å². The van der Waals surface area contributed by atoms with Crippen LogP contribution in [0.5, 0.6) is 0 Å². The molecule has 0 amide bonds. The number of benzene rings is 1. The summed E-state index contributed by atoms with van der Waals surface area (Å²) >= 11 is 12.2. The highest BCUT2D eigenvalue weighted by Gasteiger charge is 2.17. The van der Waals surface area contributed by atoms with Crippen molar-refractivity contribution in [1.29, 1.82) is 0 Å². The summed E-state index contributed by atoms with van der Waals surface area (Å²) in [5, 5.41) is 1.91. The minimum Gasteiger partial charge on any atom is -0.458 e. The molecule has 2 N–H and O–H groups in total. The minimum atomic E-state index is 0.292. The molecule has 2 rings (SSSR count). The van der Waals surface area contributed by atoms with Gasteiger partial charge in [-0.25, -0.2) is 0 Å². The van der Waals surface area contributed by atoms with E-state index in [1.54, 1.807) is 19.2 Å². The minimum absolute atomic E-state index is 0.292. The summed E-state index contributed by atoms with van der Waals surface area (Å²) in [5.74, 6) is 0.659. The third-order valence-corrected chi connectivity index (χ3v) is 3.01. The maximum Gasteiger partial charge on any atom is 0.154 e. The Balaban J connectivity index is 2.78. The van der Waals surface area contributed by atoms with E-state index in [0.29, 0.717) is 34.5 Å². The van der Waals surface area contributed by atoms with Crippen molar-refractivity contribution in [3.63, 3.8) is 0 Å². The predicted molar refractivity (Wildman–Crippen MR) is 64.8 cm³/mol. The van der Waals surface area contributed by atoms with Gasteiger partial charge in [-0.3, -0.25) is 0 Å². The maximum atomic E-state index is 6.13. The molecule has 1 aromatic carbocycles. The molecule has 3 nitrogen and oxygen atoms in total. The molecule has 0 aliphatic rings. The number of fused-ring (bicyclic) bond motifs is 1. The number of rotatable bonds is 3. The van der Waals surface area contributed by atoms with E-state index in [1.165, 1.54) is 0 Å². The predicted octanol–water partition coefficient (Wildman–Crippen LogP) is 3.34. The molecule has 0 atom stereocenters. The Morgan fingerprint density at radius 1 is 1.31 bits per heavy atom. The summed E-state index contributed by atoms with van der Waals surface area (Å²) in [7, 11) is 1.61. The zero-order chi connectivity index (χ0) is 11.7. The van der Waals surface area contributed by atoms with Crippen molar-refractivity contribution in [2.24, 2.45) is 5.73 Å². The average molecular weight is 260 g/mol. The molecular weight excluding hydrogens is 249 g/mol. The van der Waals surface area contributed by atoms with Crippen LogP contribution in [0.15, 0.2) is 16.5 Å². The lowest BCUT2D eigenvalue weighted by atomic mass is 10.1. The van der Waals surface area contributed by atoms with Crippen LogP contribution >= 0.6 is 23.2 Å². The average Bonchev–Trinajstić information content (AvgIpc) is 2.64. The van der Waals surface area contributed by atoms with Gasteiger partial charge in [-0.2, -0.15) is 0 Å². The Morgan fingerprint density at radius 2 is 2.00 bits per heavy atom. The monoisotopic (exact) mass is 259 g/mol. The Morgan fingerprint density at radius 3 is 2.62 bits per heavy atom. The normalized spacial score (nSPS) is 11.2. The zero-order valence-electron chi connectivity index (χ0n) is 8.72. The van der Waals surface area contributed by atoms with E-state index in [4.69, 9.17) is 38.1 Å². The highest BCUT2D eigenvalue weighted by Crippen LogP contribution is 2.36. The summed E-state index contributed by atoms with van der Waals surface area (Å²) in [5.41, 5.74) is 7.05. The molecule has 0 fully saturated rings. The lowest BCUT2D eigenvalue weighted by Crippen LogP contribution is -1.99. The van der Waals surface area contributed by atoms with E-state index >= 15 is 0 Å². The highest BCUT2D eigenvalue weighted by atomic mass is 35.5. The van der Waals surface area contributed by atoms with Crippen LogP contribution in [0.4, 0.5) is 0 Å². The number of halogens is 2. The molecule has 0 aliphatic heterocycles.